The Bertz CT molecular complexity index is 380. The molecule has 0 saturated heterocycles. The van der Waals surface area contributed by atoms with E-state index in [0.29, 0.717) is 6.42 Å². The lowest BCUT2D eigenvalue weighted by Crippen LogP contribution is -2.23. The quantitative estimate of drug-likeness (QED) is 0.782. The van der Waals surface area contributed by atoms with Gasteiger partial charge in [0.25, 0.3) is 0 Å². The Balaban J connectivity index is 2.31. The molecule has 0 aromatic heterocycles. The molecule has 0 bridgehead atoms. The standard InChI is InChI=1S/C14H19BrO2/c1-14(2,3)17-13(16)9-5-7-11-6-4-8-12(15)10-11/h4,6,8,10H,5,7,9H2,1-3H3. The van der Waals surface area contributed by atoms with Crippen molar-refractivity contribution in [3.63, 3.8) is 0 Å². The zero-order valence-corrected chi connectivity index (χ0v) is 12.2. The van der Waals surface area contributed by atoms with Gasteiger partial charge >= 0.3 is 5.97 Å². The highest BCUT2D eigenvalue weighted by Gasteiger charge is 2.15. The fraction of sp³-hybridized carbons (Fsp3) is 0.500. The summed E-state index contributed by atoms with van der Waals surface area (Å²) in [4.78, 5) is 11.5. The van der Waals surface area contributed by atoms with Gasteiger partial charge in [-0.3, -0.25) is 4.79 Å². The van der Waals surface area contributed by atoms with Gasteiger partial charge in [-0.05, 0) is 51.3 Å². The minimum absolute atomic E-state index is 0.118. The van der Waals surface area contributed by atoms with E-state index in [1.54, 1.807) is 0 Å². The predicted molar refractivity (Wildman–Crippen MR) is 72.9 cm³/mol. The lowest BCUT2D eigenvalue weighted by Gasteiger charge is -2.19. The molecule has 0 atom stereocenters. The number of rotatable bonds is 4. The molecule has 1 aromatic rings. The molecule has 1 rings (SSSR count). The summed E-state index contributed by atoms with van der Waals surface area (Å²) in [6.07, 6.45) is 2.20. The predicted octanol–water partition coefficient (Wildman–Crippen LogP) is 4.11. The zero-order chi connectivity index (χ0) is 12.9. The molecule has 0 unspecified atom stereocenters. The molecule has 0 aliphatic heterocycles. The Morgan fingerprint density at radius 3 is 2.65 bits per heavy atom. The molecule has 0 amide bonds. The first-order valence-electron chi connectivity index (χ1n) is 5.83. The van der Waals surface area contributed by atoms with E-state index >= 15 is 0 Å². The van der Waals surface area contributed by atoms with Crippen LogP contribution in [-0.2, 0) is 16.0 Å². The van der Waals surface area contributed by atoms with Crippen LogP contribution >= 0.6 is 15.9 Å². The molecule has 0 spiro atoms. The van der Waals surface area contributed by atoms with E-state index < -0.39 is 0 Å². The lowest BCUT2D eigenvalue weighted by molar-refractivity contribution is -0.154. The van der Waals surface area contributed by atoms with Crippen LogP contribution in [0.3, 0.4) is 0 Å². The van der Waals surface area contributed by atoms with Gasteiger partial charge in [0.05, 0.1) is 0 Å². The first-order chi connectivity index (χ1) is 7.87. The van der Waals surface area contributed by atoms with Crippen molar-refractivity contribution in [1.82, 2.24) is 0 Å². The van der Waals surface area contributed by atoms with Crippen molar-refractivity contribution >= 4 is 21.9 Å². The highest BCUT2D eigenvalue weighted by molar-refractivity contribution is 9.10. The third kappa shape index (κ3) is 6.47. The van der Waals surface area contributed by atoms with E-state index in [2.05, 4.69) is 28.1 Å². The van der Waals surface area contributed by atoms with E-state index in [0.717, 1.165) is 17.3 Å². The van der Waals surface area contributed by atoms with Crippen molar-refractivity contribution in [2.45, 2.75) is 45.6 Å². The van der Waals surface area contributed by atoms with Crippen LogP contribution in [0.4, 0.5) is 0 Å². The van der Waals surface area contributed by atoms with E-state index in [1.165, 1.54) is 5.56 Å². The number of benzene rings is 1. The van der Waals surface area contributed by atoms with Crippen LogP contribution in [0, 0.1) is 0 Å². The molecular formula is C14H19BrO2. The summed E-state index contributed by atoms with van der Waals surface area (Å²) in [5.74, 6) is -0.118. The Morgan fingerprint density at radius 1 is 1.35 bits per heavy atom. The molecule has 0 heterocycles. The van der Waals surface area contributed by atoms with Crippen LogP contribution in [0.5, 0.6) is 0 Å². The topological polar surface area (TPSA) is 26.3 Å². The van der Waals surface area contributed by atoms with Crippen molar-refractivity contribution in [1.29, 1.82) is 0 Å². The molecule has 17 heavy (non-hydrogen) atoms. The summed E-state index contributed by atoms with van der Waals surface area (Å²) in [6, 6.07) is 8.15. The summed E-state index contributed by atoms with van der Waals surface area (Å²) in [7, 11) is 0. The van der Waals surface area contributed by atoms with Crippen LogP contribution in [0.1, 0.15) is 39.2 Å². The van der Waals surface area contributed by atoms with Gasteiger partial charge in [0, 0.05) is 10.9 Å². The summed E-state index contributed by atoms with van der Waals surface area (Å²) in [6.45, 7) is 5.66. The van der Waals surface area contributed by atoms with Crippen molar-refractivity contribution in [3.05, 3.63) is 34.3 Å². The van der Waals surface area contributed by atoms with Gasteiger partial charge in [-0.25, -0.2) is 0 Å². The second-order valence-corrected chi connectivity index (χ2v) is 5.99. The number of carbonyl (C=O) groups is 1. The van der Waals surface area contributed by atoms with Gasteiger partial charge in [0.2, 0.25) is 0 Å². The fourth-order valence-electron chi connectivity index (χ4n) is 1.52. The smallest absolute Gasteiger partial charge is 0.306 e. The van der Waals surface area contributed by atoms with E-state index in [1.807, 2.05) is 32.9 Å². The van der Waals surface area contributed by atoms with Gasteiger partial charge in [-0.15, -0.1) is 0 Å². The molecule has 0 saturated carbocycles. The first-order valence-corrected chi connectivity index (χ1v) is 6.62. The Labute approximate surface area is 111 Å². The molecule has 3 heteroatoms. The fourth-order valence-corrected chi connectivity index (χ4v) is 1.97. The Morgan fingerprint density at radius 2 is 2.06 bits per heavy atom. The Hall–Kier alpha value is -0.830. The molecule has 2 nitrogen and oxygen atoms in total. The van der Waals surface area contributed by atoms with Crippen molar-refractivity contribution in [3.8, 4) is 0 Å². The molecule has 94 valence electrons. The second-order valence-electron chi connectivity index (χ2n) is 5.07. The number of hydrogen-bond donors (Lipinski definition) is 0. The number of esters is 1. The highest BCUT2D eigenvalue weighted by atomic mass is 79.9. The number of halogens is 1. The first kappa shape index (κ1) is 14.2. The maximum Gasteiger partial charge on any atom is 0.306 e. The molecule has 0 aliphatic carbocycles. The number of carbonyl (C=O) groups excluding carboxylic acids is 1. The molecule has 1 aromatic carbocycles. The third-order valence-electron chi connectivity index (χ3n) is 2.16. The average Bonchev–Trinajstić information content (AvgIpc) is 2.14. The van der Waals surface area contributed by atoms with Crippen molar-refractivity contribution in [2.75, 3.05) is 0 Å². The summed E-state index contributed by atoms with van der Waals surface area (Å²) >= 11 is 3.43. The van der Waals surface area contributed by atoms with E-state index in [-0.39, 0.29) is 11.6 Å². The number of hydrogen-bond acceptors (Lipinski definition) is 2. The van der Waals surface area contributed by atoms with Crippen LogP contribution in [-0.4, -0.2) is 11.6 Å². The summed E-state index contributed by atoms with van der Waals surface area (Å²) in [5, 5.41) is 0. The second kappa shape index (κ2) is 6.20. The SMILES string of the molecule is CC(C)(C)OC(=O)CCCc1cccc(Br)c1. The molecular weight excluding hydrogens is 280 g/mol. The molecule has 0 N–H and O–H groups in total. The summed E-state index contributed by atoms with van der Waals surface area (Å²) < 4.78 is 6.33. The van der Waals surface area contributed by atoms with E-state index in [4.69, 9.17) is 4.74 Å². The molecule has 0 aliphatic rings. The average molecular weight is 299 g/mol. The van der Waals surface area contributed by atoms with Crippen LogP contribution < -0.4 is 0 Å². The molecule has 0 fully saturated rings. The van der Waals surface area contributed by atoms with E-state index in [9.17, 15) is 4.79 Å². The molecule has 0 radical (unpaired) electrons. The largest absolute Gasteiger partial charge is 0.460 e. The van der Waals surface area contributed by atoms with Gasteiger partial charge in [0.15, 0.2) is 0 Å². The van der Waals surface area contributed by atoms with Crippen LogP contribution in [0.15, 0.2) is 28.7 Å². The van der Waals surface area contributed by atoms with Gasteiger partial charge in [-0.2, -0.15) is 0 Å². The van der Waals surface area contributed by atoms with Crippen LogP contribution in [0.2, 0.25) is 0 Å². The normalized spacial score (nSPS) is 11.3. The van der Waals surface area contributed by atoms with Crippen molar-refractivity contribution in [2.24, 2.45) is 0 Å². The zero-order valence-electron chi connectivity index (χ0n) is 10.6. The minimum atomic E-state index is -0.382. The monoisotopic (exact) mass is 298 g/mol. The van der Waals surface area contributed by atoms with Crippen molar-refractivity contribution < 1.29 is 9.53 Å². The minimum Gasteiger partial charge on any atom is -0.460 e. The Kier molecular flexibility index (Phi) is 5.19. The third-order valence-corrected chi connectivity index (χ3v) is 2.65. The maximum absolute atomic E-state index is 11.5. The lowest BCUT2D eigenvalue weighted by atomic mass is 10.1. The van der Waals surface area contributed by atoms with Gasteiger partial charge in [-0.1, -0.05) is 28.1 Å². The maximum atomic E-state index is 11.5. The summed E-state index contributed by atoms with van der Waals surface area (Å²) in [5.41, 5.74) is 0.857. The van der Waals surface area contributed by atoms with Crippen LogP contribution in [0.25, 0.3) is 0 Å². The number of aryl methyl sites for hydroxylation is 1. The number of ether oxygens (including phenoxy) is 1. The van der Waals surface area contributed by atoms with Gasteiger partial charge in [0.1, 0.15) is 5.60 Å². The highest BCUT2D eigenvalue weighted by Crippen LogP contribution is 2.14. The van der Waals surface area contributed by atoms with Gasteiger partial charge < -0.3 is 4.74 Å².